The van der Waals surface area contributed by atoms with Gasteiger partial charge in [0.05, 0.1) is 0 Å². The average Bonchev–Trinajstić information content (AvgIpc) is 2.01. The second-order valence-corrected chi connectivity index (χ2v) is 3.51. The molecule has 0 saturated carbocycles. The molecule has 0 spiro atoms. The molecule has 0 unspecified atom stereocenters. The minimum Gasteiger partial charge on any atom is -0.449 e. The first-order chi connectivity index (χ1) is 6.52. The number of carboxylic acid groups (broad SMARTS) is 1. The molecule has 0 radical (unpaired) electrons. The van der Waals surface area contributed by atoms with E-state index in [0.717, 1.165) is 11.1 Å². The lowest BCUT2D eigenvalue weighted by molar-refractivity contribution is 0.144. The van der Waals surface area contributed by atoms with Gasteiger partial charge in [-0.25, -0.2) is 4.79 Å². The van der Waals surface area contributed by atoms with Gasteiger partial charge in [0, 0.05) is 5.56 Å². The van der Waals surface area contributed by atoms with Crippen molar-refractivity contribution in [1.82, 2.24) is 0 Å². The molecule has 1 N–H and O–H groups in total. The molecule has 0 aliphatic rings. The fraction of sp³-hybridized carbons (Fsp3) is 0.364. The summed E-state index contributed by atoms with van der Waals surface area (Å²) in [4.78, 5) is 10.4. The monoisotopic (exact) mass is 194 g/mol. The van der Waals surface area contributed by atoms with E-state index >= 15 is 0 Å². The van der Waals surface area contributed by atoms with Crippen LogP contribution in [0.1, 0.15) is 30.9 Å². The number of benzene rings is 1. The van der Waals surface area contributed by atoms with E-state index < -0.39 is 6.16 Å². The molecule has 0 fully saturated rings. The smallest absolute Gasteiger partial charge is 0.449 e. The van der Waals surface area contributed by atoms with E-state index in [-0.39, 0.29) is 5.92 Å². The molecule has 1 rings (SSSR count). The Hall–Kier alpha value is -1.51. The highest BCUT2D eigenvalue weighted by atomic mass is 16.7. The van der Waals surface area contributed by atoms with Gasteiger partial charge in [-0.05, 0) is 24.5 Å². The number of aryl methyl sites for hydroxylation is 1. The van der Waals surface area contributed by atoms with Crippen molar-refractivity contribution in [3.8, 4) is 5.75 Å². The Morgan fingerprint density at radius 2 is 2.07 bits per heavy atom. The molecule has 3 heteroatoms. The van der Waals surface area contributed by atoms with Crippen molar-refractivity contribution in [3.05, 3.63) is 29.3 Å². The molecule has 0 amide bonds. The van der Waals surface area contributed by atoms with Crippen LogP contribution in [-0.2, 0) is 0 Å². The summed E-state index contributed by atoms with van der Waals surface area (Å²) in [5.41, 5.74) is 2.01. The van der Waals surface area contributed by atoms with Crippen LogP contribution >= 0.6 is 0 Å². The van der Waals surface area contributed by atoms with Crippen molar-refractivity contribution in [2.75, 3.05) is 0 Å². The standard InChI is InChI=1S/C11H14O3/c1-7(2)10-8(3)5-4-6-9(10)14-11(12)13/h4-7H,1-3H3,(H,12,13). The number of rotatable bonds is 2. The molecule has 0 saturated heterocycles. The van der Waals surface area contributed by atoms with Crippen LogP contribution in [0.3, 0.4) is 0 Å². The van der Waals surface area contributed by atoms with Crippen LogP contribution in [0.15, 0.2) is 18.2 Å². The highest BCUT2D eigenvalue weighted by molar-refractivity contribution is 5.62. The molecular weight excluding hydrogens is 180 g/mol. The Balaban J connectivity index is 3.14. The first kappa shape index (κ1) is 10.6. The highest BCUT2D eigenvalue weighted by Gasteiger charge is 2.12. The highest BCUT2D eigenvalue weighted by Crippen LogP contribution is 2.29. The third-order valence-corrected chi connectivity index (χ3v) is 2.06. The van der Waals surface area contributed by atoms with Crippen LogP contribution in [0.5, 0.6) is 5.75 Å². The Kier molecular flexibility index (Phi) is 3.12. The Morgan fingerprint density at radius 1 is 1.43 bits per heavy atom. The summed E-state index contributed by atoms with van der Waals surface area (Å²) >= 11 is 0. The van der Waals surface area contributed by atoms with E-state index in [4.69, 9.17) is 9.84 Å². The fourth-order valence-corrected chi connectivity index (χ4v) is 1.58. The van der Waals surface area contributed by atoms with E-state index in [1.807, 2.05) is 26.8 Å². The largest absolute Gasteiger partial charge is 0.511 e. The van der Waals surface area contributed by atoms with Crippen LogP contribution in [0, 0.1) is 6.92 Å². The summed E-state index contributed by atoms with van der Waals surface area (Å²) in [7, 11) is 0. The van der Waals surface area contributed by atoms with E-state index in [1.165, 1.54) is 0 Å². The maximum absolute atomic E-state index is 10.4. The fourth-order valence-electron chi connectivity index (χ4n) is 1.58. The summed E-state index contributed by atoms with van der Waals surface area (Å²) in [6.45, 7) is 5.97. The number of ether oxygens (including phenoxy) is 1. The summed E-state index contributed by atoms with van der Waals surface area (Å²) < 4.78 is 4.70. The second kappa shape index (κ2) is 4.13. The molecule has 0 atom stereocenters. The van der Waals surface area contributed by atoms with Crippen LogP contribution in [-0.4, -0.2) is 11.3 Å². The van der Waals surface area contributed by atoms with Gasteiger partial charge in [-0.1, -0.05) is 26.0 Å². The zero-order chi connectivity index (χ0) is 10.7. The molecule has 76 valence electrons. The van der Waals surface area contributed by atoms with Gasteiger partial charge in [0.2, 0.25) is 0 Å². The maximum Gasteiger partial charge on any atom is 0.511 e. The van der Waals surface area contributed by atoms with E-state index in [2.05, 4.69) is 0 Å². The lowest BCUT2D eigenvalue weighted by Gasteiger charge is -2.13. The Morgan fingerprint density at radius 3 is 2.57 bits per heavy atom. The van der Waals surface area contributed by atoms with Crippen LogP contribution in [0.25, 0.3) is 0 Å². The lowest BCUT2D eigenvalue weighted by Crippen LogP contribution is -2.06. The number of hydrogen-bond acceptors (Lipinski definition) is 2. The normalized spacial score (nSPS) is 10.3. The van der Waals surface area contributed by atoms with E-state index in [0.29, 0.717) is 5.75 Å². The summed E-state index contributed by atoms with van der Waals surface area (Å²) in [6, 6.07) is 5.42. The van der Waals surface area contributed by atoms with E-state index in [1.54, 1.807) is 12.1 Å². The lowest BCUT2D eigenvalue weighted by atomic mass is 9.97. The number of hydrogen-bond donors (Lipinski definition) is 1. The third kappa shape index (κ3) is 2.25. The van der Waals surface area contributed by atoms with Crippen LogP contribution in [0.2, 0.25) is 0 Å². The van der Waals surface area contributed by atoms with Gasteiger partial charge in [-0.3, -0.25) is 0 Å². The zero-order valence-electron chi connectivity index (χ0n) is 8.57. The minimum absolute atomic E-state index is 0.255. The maximum atomic E-state index is 10.4. The van der Waals surface area contributed by atoms with Gasteiger partial charge in [0.1, 0.15) is 5.75 Å². The van der Waals surface area contributed by atoms with Gasteiger partial charge >= 0.3 is 6.16 Å². The first-order valence-electron chi connectivity index (χ1n) is 4.52. The Labute approximate surface area is 83.3 Å². The van der Waals surface area contributed by atoms with E-state index in [9.17, 15) is 4.79 Å². The van der Waals surface area contributed by atoms with Gasteiger partial charge in [0.25, 0.3) is 0 Å². The molecule has 0 aliphatic carbocycles. The molecular formula is C11H14O3. The summed E-state index contributed by atoms with van der Waals surface area (Å²) in [5.74, 6) is 0.693. The second-order valence-electron chi connectivity index (χ2n) is 3.51. The zero-order valence-corrected chi connectivity index (χ0v) is 8.57. The number of carbonyl (C=O) groups is 1. The molecule has 0 aromatic heterocycles. The SMILES string of the molecule is Cc1cccc(OC(=O)O)c1C(C)C. The average molecular weight is 194 g/mol. The van der Waals surface area contributed by atoms with Gasteiger partial charge < -0.3 is 9.84 Å². The van der Waals surface area contributed by atoms with Crippen molar-refractivity contribution in [1.29, 1.82) is 0 Å². The van der Waals surface area contributed by atoms with Crippen molar-refractivity contribution in [2.24, 2.45) is 0 Å². The van der Waals surface area contributed by atoms with Crippen molar-refractivity contribution < 1.29 is 14.6 Å². The quantitative estimate of drug-likeness (QED) is 0.581. The molecule has 0 heterocycles. The molecule has 3 nitrogen and oxygen atoms in total. The van der Waals surface area contributed by atoms with Crippen LogP contribution in [0.4, 0.5) is 4.79 Å². The molecule has 0 aliphatic heterocycles. The molecule has 1 aromatic rings. The third-order valence-electron chi connectivity index (χ3n) is 2.06. The minimum atomic E-state index is -1.27. The topological polar surface area (TPSA) is 46.5 Å². The predicted octanol–water partition coefficient (Wildman–Crippen LogP) is 3.18. The van der Waals surface area contributed by atoms with Crippen molar-refractivity contribution in [2.45, 2.75) is 26.7 Å². The Bertz CT molecular complexity index is 342. The van der Waals surface area contributed by atoms with Gasteiger partial charge in [0.15, 0.2) is 0 Å². The van der Waals surface area contributed by atoms with Gasteiger partial charge in [-0.2, -0.15) is 0 Å². The molecule has 14 heavy (non-hydrogen) atoms. The predicted molar refractivity (Wildman–Crippen MR) is 53.9 cm³/mol. The van der Waals surface area contributed by atoms with Crippen molar-refractivity contribution >= 4 is 6.16 Å². The van der Waals surface area contributed by atoms with Gasteiger partial charge in [-0.15, -0.1) is 0 Å². The van der Waals surface area contributed by atoms with Crippen LogP contribution < -0.4 is 4.74 Å². The van der Waals surface area contributed by atoms with Crippen molar-refractivity contribution in [3.63, 3.8) is 0 Å². The summed E-state index contributed by atoms with van der Waals surface area (Å²) in [5, 5.41) is 8.54. The molecule has 1 aromatic carbocycles. The molecule has 0 bridgehead atoms. The summed E-state index contributed by atoms with van der Waals surface area (Å²) in [6.07, 6.45) is -1.27. The first-order valence-corrected chi connectivity index (χ1v) is 4.52.